The van der Waals surface area contributed by atoms with E-state index in [1.54, 1.807) is 0 Å². The predicted octanol–water partition coefficient (Wildman–Crippen LogP) is 2.27. The van der Waals surface area contributed by atoms with E-state index in [0.29, 0.717) is 12.0 Å². The molecule has 3 atom stereocenters. The molecule has 0 aliphatic heterocycles. The smallest absolute Gasteiger partial charge is 0.153 e. The summed E-state index contributed by atoms with van der Waals surface area (Å²) in [6, 6.07) is 0.360. The molecule has 1 saturated carbocycles. The van der Waals surface area contributed by atoms with Crippen molar-refractivity contribution in [1.82, 2.24) is 20.3 Å². The molecule has 3 unspecified atom stereocenters. The Labute approximate surface area is 105 Å². The van der Waals surface area contributed by atoms with Gasteiger partial charge in [0.1, 0.15) is 0 Å². The number of aryl methyl sites for hydroxylation is 1. The van der Waals surface area contributed by atoms with Crippen molar-refractivity contribution in [3.05, 3.63) is 10.3 Å². The largest absolute Gasteiger partial charge is 0.311 e. The van der Waals surface area contributed by atoms with Crippen molar-refractivity contribution >= 4 is 15.9 Å². The lowest BCUT2D eigenvalue weighted by Crippen LogP contribution is -2.26. The Kier molecular flexibility index (Phi) is 3.64. The maximum Gasteiger partial charge on any atom is 0.153 e. The Morgan fingerprint density at radius 2 is 2.25 bits per heavy atom. The number of nitrogens with one attached hydrogen (secondary N) is 1. The van der Waals surface area contributed by atoms with Crippen molar-refractivity contribution in [2.75, 3.05) is 7.05 Å². The zero-order valence-electron chi connectivity index (χ0n) is 10.1. The lowest BCUT2D eigenvalue weighted by molar-refractivity contribution is 0.361. The van der Waals surface area contributed by atoms with Gasteiger partial charge in [-0.1, -0.05) is 18.6 Å². The molecule has 1 aromatic heterocycles. The topological polar surface area (TPSA) is 42.7 Å². The van der Waals surface area contributed by atoms with E-state index in [1.165, 1.54) is 25.0 Å². The second-order valence-corrected chi connectivity index (χ2v) is 5.58. The van der Waals surface area contributed by atoms with Crippen LogP contribution in [-0.2, 0) is 7.05 Å². The Bertz CT molecular complexity index is 343. The second-order valence-electron chi connectivity index (χ2n) is 4.83. The highest BCUT2D eigenvalue weighted by Gasteiger charge is 2.32. The van der Waals surface area contributed by atoms with Crippen molar-refractivity contribution in [2.24, 2.45) is 18.9 Å². The van der Waals surface area contributed by atoms with Gasteiger partial charge in [-0.2, -0.15) is 0 Å². The number of aromatic nitrogens is 3. The van der Waals surface area contributed by atoms with Gasteiger partial charge < -0.3 is 5.32 Å². The number of hydrogen-bond donors (Lipinski definition) is 1. The number of rotatable bonds is 3. The summed E-state index contributed by atoms with van der Waals surface area (Å²) in [6.07, 6.45) is 3.93. The van der Waals surface area contributed by atoms with Crippen molar-refractivity contribution in [3.63, 3.8) is 0 Å². The summed E-state index contributed by atoms with van der Waals surface area (Å²) in [4.78, 5) is 0. The van der Waals surface area contributed by atoms with Gasteiger partial charge >= 0.3 is 0 Å². The van der Waals surface area contributed by atoms with E-state index < -0.39 is 0 Å². The van der Waals surface area contributed by atoms with Gasteiger partial charge in [0.2, 0.25) is 0 Å². The summed E-state index contributed by atoms with van der Waals surface area (Å²) < 4.78 is 2.74. The van der Waals surface area contributed by atoms with E-state index in [4.69, 9.17) is 0 Å². The molecule has 0 spiro atoms. The third-order valence-corrected chi connectivity index (χ3v) is 4.20. The molecule has 4 nitrogen and oxygen atoms in total. The third kappa shape index (κ3) is 2.15. The minimum absolute atomic E-state index is 0.360. The summed E-state index contributed by atoms with van der Waals surface area (Å²) >= 11 is 3.49. The average molecular weight is 287 g/mol. The number of nitrogens with zero attached hydrogens (tertiary/aromatic N) is 3. The first-order chi connectivity index (χ1) is 7.63. The zero-order valence-corrected chi connectivity index (χ0v) is 11.7. The molecular weight excluding hydrogens is 268 g/mol. The molecule has 0 amide bonds. The van der Waals surface area contributed by atoms with E-state index in [1.807, 2.05) is 18.8 Å². The molecule has 0 saturated heterocycles. The quantitative estimate of drug-likeness (QED) is 0.927. The van der Waals surface area contributed by atoms with Crippen molar-refractivity contribution in [3.8, 4) is 0 Å². The molecule has 0 bridgehead atoms. The summed E-state index contributed by atoms with van der Waals surface area (Å²) in [5, 5.41) is 11.5. The molecule has 90 valence electrons. The van der Waals surface area contributed by atoms with Crippen LogP contribution in [0.3, 0.4) is 0 Å². The lowest BCUT2D eigenvalue weighted by Gasteiger charge is -2.23. The van der Waals surface area contributed by atoms with Crippen LogP contribution in [-0.4, -0.2) is 22.0 Å². The summed E-state index contributed by atoms with van der Waals surface area (Å²) in [7, 11) is 3.98. The standard InChI is InChI=1S/C11H19BrN4/c1-7-4-5-8(6-7)9(13-2)10-11(12)14-15-16(10)3/h7-9,13H,4-6H2,1-3H3. The van der Waals surface area contributed by atoms with Crippen molar-refractivity contribution in [2.45, 2.75) is 32.2 Å². The predicted molar refractivity (Wildman–Crippen MR) is 67.0 cm³/mol. The molecule has 2 rings (SSSR count). The van der Waals surface area contributed by atoms with E-state index >= 15 is 0 Å². The van der Waals surface area contributed by atoms with Gasteiger partial charge in [0.15, 0.2) is 4.60 Å². The molecule has 1 heterocycles. The van der Waals surface area contributed by atoms with E-state index in [-0.39, 0.29) is 0 Å². The van der Waals surface area contributed by atoms with Crippen LogP contribution in [0.2, 0.25) is 0 Å². The molecule has 1 aromatic rings. The first-order valence-electron chi connectivity index (χ1n) is 5.85. The molecule has 1 aliphatic carbocycles. The molecule has 0 aromatic carbocycles. The number of hydrogen-bond acceptors (Lipinski definition) is 3. The SMILES string of the molecule is CNC(c1c(Br)nnn1C)C1CCC(C)C1. The Morgan fingerprint density at radius 3 is 2.69 bits per heavy atom. The third-order valence-electron chi connectivity index (χ3n) is 3.64. The highest BCUT2D eigenvalue weighted by Crippen LogP contribution is 2.39. The Hall–Kier alpha value is -0.420. The van der Waals surface area contributed by atoms with Crippen LogP contribution in [0.15, 0.2) is 4.60 Å². The maximum atomic E-state index is 4.07. The molecule has 1 fully saturated rings. The molecule has 5 heteroatoms. The summed E-state index contributed by atoms with van der Waals surface area (Å²) in [5.74, 6) is 1.55. The average Bonchev–Trinajstić information content (AvgIpc) is 2.80. The van der Waals surface area contributed by atoms with Gasteiger partial charge in [0, 0.05) is 7.05 Å². The zero-order chi connectivity index (χ0) is 11.7. The highest BCUT2D eigenvalue weighted by molar-refractivity contribution is 9.10. The molecular formula is C11H19BrN4. The first kappa shape index (κ1) is 12.0. The maximum absolute atomic E-state index is 4.07. The fraction of sp³-hybridized carbons (Fsp3) is 0.818. The normalized spacial score (nSPS) is 27.2. The van der Waals surface area contributed by atoms with Gasteiger partial charge in [0.25, 0.3) is 0 Å². The monoisotopic (exact) mass is 286 g/mol. The summed E-state index contributed by atoms with van der Waals surface area (Å²) in [6.45, 7) is 2.34. The highest BCUT2D eigenvalue weighted by atomic mass is 79.9. The molecule has 16 heavy (non-hydrogen) atoms. The minimum atomic E-state index is 0.360. The van der Waals surface area contributed by atoms with Crippen LogP contribution in [0.1, 0.15) is 37.9 Å². The fourth-order valence-corrected chi connectivity index (χ4v) is 3.39. The van der Waals surface area contributed by atoms with E-state index in [0.717, 1.165) is 10.5 Å². The lowest BCUT2D eigenvalue weighted by atomic mass is 9.95. The Morgan fingerprint density at radius 1 is 1.50 bits per heavy atom. The van der Waals surface area contributed by atoms with Gasteiger partial charge in [0.05, 0.1) is 11.7 Å². The van der Waals surface area contributed by atoms with E-state index in [2.05, 4.69) is 38.5 Å². The van der Waals surface area contributed by atoms with E-state index in [9.17, 15) is 0 Å². The van der Waals surface area contributed by atoms with Gasteiger partial charge in [-0.3, -0.25) is 0 Å². The van der Waals surface area contributed by atoms with Gasteiger partial charge in [-0.15, -0.1) is 5.10 Å². The summed E-state index contributed by atoms with van der Waals surface area (Å²) in [5.41, 5.74) is 1.17. The Balaban J connectivity index is 2.22. The van der Waals surface area contributed by atoms with Crippen LogP contribution >= 0.6 is 15.9 Å². The van der Waals surface area contributed by atoms with Crippen LogP contribution in [0.25, 0.3) is 0 Å². The van der Waals surface area contributed by atoms with Crippen LogP contribution in [0, 0.1) is 11.8 Å². The van der Waals surface area contributed by atoms with Gasteiger partial charge in [-0.05, 0) is 47.7 Å². The molecule has 0 radical (unpaired) electrons. The second kappa shape index (κ2) is 4.84. The minimum Gasteiger partial charge on any atom is -0.311 e. The van der Waals surface area contributed by atoms with Crippen molar-refractivity contribution < 1.29 is 0 Å². The first-order valence-corrected chi connectivity index (χ1v) is 6.65. The fourth-order valence-electron chi connectivity index (χ4n) is 2.82. The number of halogens is 1. The molecule has 1 N–H and O–H groups in total. The van der Waals surface area contributed by atoms with Crippen molar-refractivity contribution in [1.29, 1.82) is 0 Å². The van der Waals surface area contributed by atoms with Crippen LogP contribution < -0.4 is 5.32 Å². The van der Waals surface area contributed by atoms with Crippen LogP contribution in [0.4, 0.5) is 0 Å². The molecule has 1 aliphatic rings. The van der Waals surface area contributed by atoms with Gasteiger partial charge in [-0.25, -0.2) is 4.68 Å². The van der Waals surface area contributed by atoms with Crippen LogP contribution in [0.5, 0.6) is 0 Å².